The monoisotopic (exact) mass is 317 g/mol. The average molecular weight is 317 g/mol. The van der Waals surface area contributed by atoms with Gasteiger partial charge in [-0.05, 0) is 11.3 Å². The van der Waals surface area contributed by atoms with E-state index in [0.717, 1.165) is 11.3 Å². The van der Waals surface area contributed by atoms with E-state index in [0.29, 0.717) is 31.9 Å². The number of methoxy groups -OCH3 is 1. The number of tetrazole rings is 1. The molecule has 0 aliphatic carbocycles. The zero-order valence-electron chi connectivity index (χ0n) is 13.2. The maximum Gasteiger partial charge on any atom is 0.227 e. The van der Waals surface area contributed by atoms with Crippen molar-refractivity contribution < 1.29 is 14.3 Å². The number of hydrogen-bond acceptors (Lipinski definition) is 6. The second kappa shape index (κ2) is 6.74. The van der Waals surface area contributed by atoms with E-state index in [2.05, 4.69) is 15.4 Å². The van der Waals surface area contributed by atoms with E-state index in [1.54, 1.807) is 19.1 Å². The second-order valence-corrected chi connectivity index (χ2v) is 5.32. The van der Waals surface area contributed by atoms with Gasteiger partial charge in [-0.25, -0.2) is 0 Å². The number of rotatable bonds is 4. The third-order valence-corrected chi connectivity index (χ3v) is 3.77. The fraction of sp³-hybridized carbons (Fsp3) is 0.467. The Labute approximate surface area is 134 Å². The summed E-state index contributed by atoms with van der Waals surface area (Å²) >= 11 is 0. The summed E-state index contributed by atoms with van der Waals surface area (Å²) in [6.45, 7) is 1.45. The lowest BCUT2D eigenvalue weighted by Crippen LogP contribution is -2.43. The average Bonchev–Trinajstić information content (AvgIpc) is 3.02. The summed E-state index contributed by atoms with van der Waals surface area (Å²) in [5.41, 5.74) is 0.876. The number of carbonyl (C=O) groups is 1. The van der Waals surface area contributed by atoms with Crippen LogP contribution in [0.4, 0.5) is 0 Å². The van der Waals surface area contributed by atoms with Crippen LogP contribution in [0.15, 0.2) is 24.3 Å². The molecule has 0 radical (unpaired) electrons. The van der Waals surface area contributed by atoms with Crippen molar-refractivity contribution in [3.05, 3.63) is 35.7 Å². The lowest BCUT2D eigenvalue weighted by atomic mass is 10.1. The Bertz CT molecular complexity index is 687. The first-order valence-electron chi connectivity index (χ1n) is 7.42. The highest BCUT2D eigenvalue weighted by Crippen LogP contribution is 2.22. The first-order valence-corrected chi connectivity index (χ1v) is 7.42. The maximum absolute atomic E-state index is 12.6. The number of amides is 1. The number of aryl methyl sites for hydroxylation is 1. The minimum Gasteiger partial charge on any atom is -0.496 e. The molecule has 1 aromatic heterocycles. The summed E-state index contributed by atoms with van der Waals surface area (Å²) in [7, 11) is 3.30. The molecular weight excluding hydrogens is 298 g/mol. The molecule has 1 saturated heterocycles. The molecule has 0 saturated carbocycles. The molecule has 1 aliphatic rings. The van der Waals surface area contributed by atoms with Gasteiger partial charge in [0.2, 0.25) is 11.7 Å². The zero-order chi connectivity index (χ0) is 16.2. The third-order valence-electron chi connectivity index (χ3n) is 3.77. The molecule has 1 aliphatic heterocycles. The van der Waals surface area contributed by atoms with Gasteiger partial charge in [0.1, 0.15) is 11.9 Å². The fourth-order valence-corrected chi connectivity index (χ4v) is 2.58. The predicted octanol–water partition coefficient (Wildman–Crippen LogP) is 0.361. The van der Waals surface area contributed by atoms with Gasteiger partial charge in [-0.1, -0.05) is 18.2 Å². The topological polar surface area (TPSA) is 82.4 Å². The summed E-state index contributed by atoms with van der Waals surface area (Å²) in [5.74, 6) is 1.26. The molecule has 1 unspecified atom stereocenters. The smallest absolute Gasteiger partial charge is 0.227 e. The Morgan fingerprint density at radius 1 is 1.43 bits per heavy atom. The Kier molecular flexibility index (Phi) is 4.52. The molecular formula is C15H19N5O3. The van der Waals surface area contributed by atoms with E-state index in [-0.39, 0.29) is 12.0 Å². The first-order chi connectivity index (χ1) is 11.2. The van der Waals surface area contributed by atoms with Crippen molar-refractivity contribution in [1.82, 2.24) is 25.1 Å². The molecule has 0 bridgehead atoms. The fourth-order valence-electron chi connectivity index (χ4n) is 2.58. The Morgan fingerprint density at radius 2 is 2.26 bits per heavy atom. The van der Waals surface area contributed by atoms with Crippen molar-refractivity contribution in [2.75, 3.05) is 26.8 Å². The summed E-state index contributed by atoms with van der Waals surface area (Å²) in [5, 5.41) is 11.9. The van der Waals surface area contributed by atoms with Gasteiger partial charge >= 0.3 is 0 Å². The van der Waals surface area contributed by atoms with Crippen LogP contribution in [-0.2, 0) is 23.0 Å². The van der Waals surface area contributed by atoms with E-state index in [1.807, 2.05) is 24.3 Å². The van der Waals surface area contributed by atoms with Crippen molar-refractivity contribution in [2.45, 2.75) is 12.5 Å². The first kappa shape index (κ1) is 15.4. The van der Waals surface area contributed by atoms with Crippen molar-refractivity contribution in [3.8, 4) is 5.75 Å². The second-order valence-electron chi connectivity index (χ2n) is 5.32. The van der Waals surface area contributed by atoms with E-state index in [1.165, 1.54) is 4.80 Å². The van der Waals surface area contributed by atoms with Gasteiger partial charge in [-0.2, -0.15) is 4.80 Å². The largest absolute Gasteiger partial charge is 0.496 e. The number of nitrogens with zero attached hydrogens (tertiary/aromatic N) is 5. The Balaban J connectivity index is 1.67. The lowest BCUT2D eigenvalue weighted by Gasteiger charge is -2.31. The molecule has 23 heavy (non-hydrogen) atoms. The van der Waals surface area contributed by atoms with E-state index < -0.39 is 0 Å². The van der Waals surface area contributed by atoms with E-state index >= 15 is 0 Å². The van der Waals surface area contributed by atoms with Gasteiger partial charge in [0, 0.05) is 12.1 Å². The minimum absolute atomic E-state index is 0.0340. The molecule has 1 fully saturated rings. The molecule has 8 nitrogen and oxygen atoms in total. The van der Waals surface area contributed by atoms with Gasteiger partial charge in [0.15, 0.2) is 0 Å². The van der Waals surface area contributed by atoms with Gasteiger partial charge in [0.25, 0.3) is 0 Å². The van der Waals surface area contributed by atoms with Crippen LogP contribution < -0.4 is 4.74 Å². The molecule has 122 valence electrons. The van der Waals surface area contributed by atoms with Crippen molar-refractivity contribution >= 4 is 5.91 Å². The van der Waals surface area contributed by atoms with Crippen LogP contribution in [-0.4, -0.2) is 57.8 Å². The Hall–Kier alpha value is -2.48. The van der Waals surface area contributed by atoms with Gasteiger partial charge in [-0.15, -0.1) is 10.2 Å². The molecule has 0 N–H and O–H groups in total. The molecule has 1 aromatic carbocycles. The highest BCUT2D eigenvalue weighted by atomic mass is 16.5. The summed E-state index contributed by atoms with van der Waals surface area (Å²) in [6, 6.07) is 7.54. The lowest BCUT2D eigenvalue weighted by molar-refractivity contribution is -0.138. The van der Waals surface area contributed by atoms with Gasteiger partial charge < -0.3 is 14.4 Å². The highest BCUT2D eigenvalue weighted by molar-refractivity contribution is 5.79. The van der Waals surface area contributed by atoms with Crippen LogP contribution in [0.1, 0.15) is 17.5 Å². The van der Waals surface area contributed by atoms with Crippen molar-refractivity contribution in [2.24, 2.45) is 7.05 Å². The summed E-state index contributed by atoms with van der Waals surface area (Å²) in [6.07, 6.45) is -0.0379. The minimum atomic E-state index is -0.334. The van der Waals surface area contributed by atoms with Crippen LogP contribution >= 0.6 is 0 Å². The number of carbonyl (C=O) groups excluding carboxylic acids is 1. The normalized spacial score (nSPS) is 18.0. The van der Waals surface area contributed by atoms with Crippen molar-refractivity contribution in [1.29, 1.82) is 0 Å². The number of morpholine rings is 1. The molecule has 2 aromatic rings. The number of benzene rings is 1. The van der Waals surface area contributed by atoms with Crippen LogP contribution in [0.5, 0.6) is 5.75 Å². The maximum atomic E-state index is 12.6. The number of aromatic nitrogens is 4. The molecule has 2 heterocycles. The Morgan fingerprint density at radius 3 is 3.00 bits per heavy atom. The van der Waals surface area contributed by atoms with Crippen LogP contribution in [0.25, 0.3) is 0 Å². The summed E-state index contributed by atoms with van der Waals surface area (Å²) in [4.78, 5) is 15.7. The number of ether oxygens (including phenoxy) is 2. The van der Waals surface area contributed by atoms with Crippen molar-refractivity contribution in [3.63, 3.8) is 0 Å². The molecule has 0 spiro atoms. The van der Waals surface area contributed by atoms with E-state index in [4.69, 9.17) is 9.47 Å². The molecule has 3 rings (SSSR count). The third kappa shape index (κ3) is 3.48. The SMILES string of the molecule is COc1ccccc1CC(=O)N1CCOC(c2nnn(C)n2)C1. The highest BCUT2D eigenvalue weighted by Gasteiger charge is 2.28. The van der Waals surface area contributed by atoms with Crippen LogP contribution in [0.2, 0.25) is 0 Å². The van der Waals surface area contributed by atoms with Crippen LogP contribution in [0.3, 0.4) is 0 Å². The number of hydrogen-bond donors (Lipinski definition) is 0. The molecule has 1 atom stereocenters. The van der Waals surface area contributed by atoms with Gasteiger partial charge in [-0.3, -0.25) is 4.79 Å². The number of para-hydroxylation sites is 1. The molecule has 8 heteroatoms. The zero-order valence-corrected chi connectivity index (χ0v) is 13.2. The quantitative estimate of drug-likeness (QED) is 0.810. The predicted molar refractivity (Wildman–Crippen MR) is 80.8 cm³/mol. The van der Waals surface area contributed by atoms with Crippen LogP contribution in [0, 0.1) is 0 Å². The standard InChI is InChI=1S/C15H19N5O3/c1-19-17-15(16-18-19)13-10-20(7-8-23-13)14(21)9-11-5-3-4-6-12(11)22-2/h3-6,13H,7-10H2,1-2H3. The summed E-state index contributed by atoms with van der Waals surface area (Å²) < 4.78 is 11.0. The van der Waals surface area contributed by atoms with Gasteiger partial charge in [0.05, 0.1) is 33.7 Å². The van der Waals surface area contributed by atoms with E-state index in [9.17, 15) is 4.79 Å². The molecule has 1 amide bonds.